The first kappa shape index (κ1) is 13.9. The molecule has 1 fully saturated rings. The molecule has 3 atom stereocenters. The van der Waals surface area contributed by atoms with Crippen molar-refractivity contribution in [2.45, 2.75) is 45.4 Å². The maximum Gasteiger partial charge on any atom is 0.122 e. The summed E-state index contributed by atoms with van der Waals surface area (Å²) < 4.78 is 5.84. The maximum absolute atomic E-state index is 6.02. The van der Waals surface area contributed by atoms with Gasteiger partial charge in [-0.1, -0.05) is 32.0 Å². The van der Waals surface area contributed by atoms with Crippen LogP contribution in [-0.4, -0.2) is 13.2 Å². The van der Waals surface area contributed by atoms with Gasteiger partial charge in [0.25, 0.3) is 0 Å². The molecule has 0 saturated heterocycles. The lowest BCUT2D eigenvalue weighted by atomic mass is 9.65. The molecule has 0 spiro atoms. The molecule has 1 saturated carbocycles. The second kappa shape index (κ2) is 5.40. The molecule has 1 aromatic carbocycles. The molecular weight excluding hydrogens is 246 g/mol. The Bertz CT molecular complexity index is 468. The molecule has 0 amide bonds. The lowest BCUT2D eigenvalue weighted by Gasteiger charge is -2.41. The van der Waals surface area contributed by atoms with Crippen LogP contribution in [0.3, 0.4) is 0 Å². The van der Waals surface area contributed by atoms with Crippen molar-refractivity contribution in [3.05, 3.63) is 29.8 Å². The van der Waals surface area contributed by atoms with Crippen molar-refractivity contribution >= 4 is 0 Å². The fourth-order valence-corrected chi connectivity index (χ4v) is 4.17. The largest absolute Gasteiger partial charge is 0.493 e. The van der Waals surface area contributed by atoms with Gasteiger partial charge in [0.05, 0.1) is 6.61 Å². The fourth-order valence-electron chi connectivity index (χ4n) is 4.17. The standard InChI is InChI=1S/C18H27NO/c1-18(2)8-7-13(11-19)14(10-18)9-15-12-20-17-6-4-3-5-16(15)17/h3-6,13-15H,7-12,19H2,1-2H3. The summed E-state index contributed by atoms with van der Waals surface area (Å²) in [5.74, 6) is 3.12. The fraction of sp³-hybridized carbons (Fsp3) is 0.667. The van der Waals surface area contributed by atoms with E-state index in [1.54, 1.807) is 0 Å². The van der Waals surface area contributed by atoms with E-state index < -0.39 is 0 Å². The second-order valence-corrected chi connectivity index (χ2v) is 7.44. The van der Waals surface area contributed by atoms with Gasteiger partial charge < -0.3 is 10.5 Å². The number of hydrogen-bond acceptors (Lipinski definition) is 2. The van der Waals surface area contributed by atoms with Crippen molar-refractivity contribution in [1.82, 2.24) is 0 Å². The molecule has 2 aliphatic rings. The number of nitrogens with two attached hydrogens (primary N) is 1. The predicted molar refractivity (Wildman–Crippen MR) is 83.0 cm³/mol. The second-order valence-electron chi connectivity index (χ2n) is 7.44. The number of benzene rings is 1. The van der Waals surface area contributed by atoms with Crippen molar-refractivity contribution in [1.29, 1.82) is 0 Å². The van der Waals surface area contributed by atoms with Gasteiger partial charge in [-0.3, -0.25) is 0 Å². The Kier molecular flexibility index (Phi) is 3.76. The van der Waals surface area contributed by atoms with Crippen LogP contribution in [0.15, 0.2) is 24.3 Å². The van der Waals surface area contributed by atoms with Gasteiger partial charge in [0.2, 0.25) is 0 Å². The highest BCUT2D eigenvalue weighted by Crippen LogP contribution is 2.47. The van der Waals surface area contributed by atoms with Crippen LogP contribution in [0, 0.1) is 17.3 Å². The third-order valence-corrected chi connectivity index (χ3v) is 5.36. The Hall–Kier alpha value is -1.02. The minimum atomic E-state index is 0.481. The zero-order valence-corrected chi connectivity index (χ0v) is 12.8. The molecule has 1 heterocycles. The lowest BCUT2D eigenvalue weighted by molar-refractivity contribution is 0.107. The van der Waals surface area contributed by atoms with E-state index in [2.05, 4.69) is 38.1 Å². The minimum Gasteiger partial charge on any atom is -0.493 e. The molecule has 0 bridgehead atoms. The molecule has 1 aliphatic carbocycles. The van der Waals surface area contributed by atoms with Crippen LogP contribution < -0.4 is 10.5 Å². The van der Waals surface area contributed by atoms with E-state index in [0.29, 0.717) is 17.3 Å². The van der Waals surface area contributed by atoms with E-state index in [1.807, 2.05) is 0 Å². The van der Waals surface area contributed by atoms with Gasteiger partial charge in [0.1, 0.15) is 5.75 Å². The highest BCUT2D eigenvalue weighted by atomic mass is 16.5. The van der Waals surface area contributed by atoms with Crippen molar-refractivity contribution in [3.63, 3.8) is 0 Å². The van der Waals surface area contributed by atoms with Crippen LogP contribution >= 0.6 is 0 Å². The first-order chi connectivity index (χ1) is 9.59. The molecular formula is C18H27NO. The van der Waals surface area contributed by atoms with Crippen LogP contribution in [0.4, 0.5) is 0 Å². The molecule has 110 valence electrons. The first-order valence-electron chi connectivity index (χ1n) is 8.01. The molecule has 20 heavy (non-hydrogen) atoms. The number of fused-ring (bicyclic) bond motifs is 1. The van der Waals surface area contributed by atoms with Gasteiger partial charge in [-0.2, -0.15) is 0 Å². The SMILES string of the molecule is CC1(C)CCC(CN)C(CC2COc3ccccc32)C1. The van der Waals surface area contributed by atoms with E-state index >= 15 is 0 Å². The highest BCUT2D eigenvalue weighted by Gasteiger charge is 2.37. The molecule has 0 radical (unpaired) electrons. The van der Waals surface area contributed by atoms with Gasteiger partial charge in [-0.25, -0.2) is 0 Å². The number of ether oxygens (including phenoxy) is 1. The van der Waals surface area contributed by atoms with Gasteiger partial charge in [-0.05, 0) is 55.5 Å². The molecule has 1 aromatic rings. The smallest absolute Gasteiger partial charge is 0.122 e. The third-order valence-electron chi connectivity index (χ3n) is 5.36. The summed E-state index contributed by atoms with van der Waals surface area (Å²) in [6, 6.07) is 8.53. The Morgan fingerprint density at radius 2 is 2.05 bits per heavy atom. The monoisotopic (exact) mass is 273 g/mol. The van der Waals surface area contributed by atoms with Crippen molar-refractivity contribution in [2.75, 3.05) is 13.2 Å². The van der Waals surface area contributed by atoms with Gasteiger partial charge in [0.15, 0.2) is 0 Å². The van der Waals surface area contributed by atoms with E-state index in [9.17, 15) is 0 Å². The summed E-state index contributed by atoms with van der Waals surface area (Å²) in [4.78, 5) is 0. The average molecular weight is 273 g/mol. The Balaban J connectivity index is 1.73. The minimum absolute atomic E-state index is 0.481. The van der Waals surface area contributed by atoms with Gasteiger partial charge in [-0.15, -0.1) is 0 Å². The summed E-state index contributed by atoms with van der Waals surface area (Å²) in [5.41, 5.74) is 7.91. The van der Waals surface area contributed by atoms with Crippen LogP contribution in [0.2, 0.25) is 0 Å². The van der Waals surface area contributed by atoms with Crippen molar-refractivity contribution in [3.8, 4) is 5.75 Å². The van der Waals surface area contributed by atoms with E-state index in [-0.39, 0.29) is 0 Å². The van der Waals surface area contributed by atoms with Crippen LogP contribution in [0.1, 0.15) is 51.0 Å². The lowest BCUT2D eigenvalue weighted by Crippen LogP contribution is -2.35. The number of rotatable bonds is 3. The van der Waals surface area contributed by atoms with Gasteiger partial charge >= 0.3 is 0 Å². The maximum atomic E-state index is 6.02. The number of hydrogen-bond donors (Lipinski definition) is 1. The Morgan fingerprint density at radius 1 is 1.25 bits per heavy atom. The van der Waals surface area contributed by atoms with E-state index in [0.717, 1.165) is 24.8 Å². The van der Waals surface area contributed by atoms with Crippen LogP contribution in [0.5, 0.6) is 5.75 Å². The summed E-state index contributed by atoms with van der Waals surface area (Å²) in [7, 11) is 0. The number of para-hydroxylation sites is 1. The van der Waals surface area contributed by atoms with Crippen LogP contribution in [-0.2, 0) is 0 Å². The molecule has 2 nitrogen and oxygen atoms in total. The third kappa shape index (κ3) is 2.71. The van der Waals surface area contributed by atoms with Gasteiger partial charge in [0, 0.05) is 11.5 Å². The quantitative estimate of drug-likeness (QED) is 0.905. The molecule has 2 heteroatoms. The average Bonchev–Trinajstić information content (AvgIpc) is 2.82. The zero-order chi connectivity index (χ0) is 14.2. The Labute approximate surface area is 122 Å². The summed E-state index contributed by atoms with van der Waals surface area (Å²) in [5, 5.41) is 0. The molecule has 3 unspecified atom stereocenters. The predicted octanol–water partition coefficient (Wildman–Crippen LogP) is 3.95. The van der Waals surface area contributed by atoms with Crippen molar-refractivity contribution < 1.29 is 4.74 Å². The molecule has 0 aromatic heterocycles. The summed E-state index contributed by atoms with van der Waals surface area (Å²) >= 11 is 0. The normalized spacial score (nSPS) is 31.6. The topological polar surface area (TPSA) is 35.2 Å². The van der Waals surface area contributed by atoms with Crippen LogP contribution in [0.25, 0.3) is 0 Å². The molecule has 3 rings (SSSR count). The zero-order valence-electron chi connectivity index (χ0n) is 12.8. The highest BCUT2D eigenvalue weighted by molar-refractivity contribution is 5.39. The van der Waals surface area contributed by atoms with E-state index in [1.165, 1.54) is 31.2 Å². The summed E-state index contributed by atoms with van der Waals surface area (Å²) in [6.07, 6.45) is 5.17. The Morgan fingerprint density at radius 3 is 2.85 bits per heavy atom. The van der Waals surface area contributed by atoms with E-state index in [4.69, 9.17) is 10.5 Å². The molecule has 1 aliphatic heterocycles. The summed E-state index contributed by atoms with van der Waals surface area (Å²) in [6.45, 7) is 6.52. The first-order valence-corrected chi connectivity index (χ1v) is 8.01. The van der Waals surface area contributed by atoms with Crippen molar-refractivity contribution in [2.24, 2.45) is 23.0 Å². The molecule has 2 N–H and O–H groups in total.